The van der Waals surface area contributed by atoms with E-state index in [1.54, 1.807) is 0 Å². The van der Waals surface area contributed by atoms with Gasteiger partial charge >= 0.3 is 0 Å². The summed E-state index contributed by atoms with van der Waals surface area (Å²) in [6, 6.07) is 0.389. The van der Waals surface area contributed by atoms with Gasteiger partial charge in [-0.25, -0.2) is 0 Å². The predicted octanol–water partition coefficient (Wildman–Crippen LogP) is 2.13. The van der Waals surface area contributed by atoms with Gasteiger partial charge in [-0.05, 0) is 65.6 Å². The Morgan fingerprint density at radius 2 is 2.15 bits per heavy atom. The minimum Gasteiger partial charge on any atom is -0.368 e. The topological polar surface area (TPSA) is 58.4 Å². The molecule has 0 radical (unpaired) electrons. The summed E-state index contributed by atoms with van der Waals surface area (Å²) in [5, 5.41) is 3.09. The van der Waals surface area contributed by atoms with E-state index in [9.17, 15) is 4.79 Å². The molecule has 0 aliphatic carbocycles. The number of carbonyl (C=O) groups is 1. The molecule has 1 aliphatic heterocycles. The molecule has 1 aliphatic rings. The van der Waals surface area contributed by atoms with Crippen molar-refractivity contribution in [2.24, 2.45) is 11.7 Å². The van der Waals surface area contributed by atoms with Crippen molar-refractivity contribution in [2.45, 2.75) is 70.9 Å². The van der Waals surface area contributed by atoms with Crippen molar-refractivity contribution in [3.05, 3.63) is 0 Å². The van der Waals surface area contributed by atoms with Gasteiger partial charge < -0.3 is 16.0 Å². The molecular weight excluding hydrogens is 250 g/mol. The summed E-state index contributed by atoms with van der Waals surface area (Å²) in [5.74, 6) is 0.634. The second kappa shape index (κ2) is 7.99. The molecule has 20 heavy (non-hydrogen) atoms. The Balaban J connectivity index is 2.55. The molecule has 118 valence electrons. The standard InChI is InChI=1S/C16H33N3O/c1-5-7-14-8-6-10-19(11-9-14)13(2)12-16(3,18-4)15(17)20/h13-14,18H,5-12H2,1-4H3,(H2,17,20). The first-order valence-electron chi connectivity index (χ1n) is 8.15. The molecule has 1 amide bonds. The van der Waals surface area contributed by atoms with Crippen molar-refractivity contribution >= 4 is 5.91 Å². The van der Waals surface area contributed by atoms with Crippen LogP contribution in [0.25, 0.3) is 0 Å². The van der Waals surface area contributed by atoms with Crippen LogP contribution in [0.2, 0.25) is 0 Å². The molecule has 1 heterocycles. The Morgan fingerprint density at radius 3 is 2.70 bits per heavy atom. The van der Waals surface area contributed by atoms with Crippen LogP contribution in [0.1, 0.15) is 59.3 Å². The highest BCUT2D eigenvalue weighted by molar-refractivity contribution is 5.84. The van der Waals surface area contributed by atoms with Gasteiger partial charge in [-0.3, -0.25) is 4.79 Å². The zero-order valence-electron chi connectivity index (χ0n) is 13.7. The van der Waals surface area contributed by atoms with Crippen LogP contribution in [0.15, 0.2) is 0 Å². The smallest absolute Gasteiger partial charge is 0.237 e. The van der Waals surface area contributed by atoms with Crippen molar-refractivity contribution in [3.63, 3.8) is 0 Å². The number of likely N-dealkylation sites (tertiary alicyclic amines) is 1. The van der Waals surface area contributed by atoms with Crippen LogP contribution in [-0.2, 0) is 4.79 Å². The Labute approximate surface area is 124 Å². The molecule has 1 fully saturated rings. The summed E-state index contributed by atoms with van der Waals surface area (Å²) in [5.41, 5.74) is 4.93. The van der Waals surface area contributed by atoms with Gasteiger partial charge in [0.1, 0.15) is 0 Å². The van der Waals surface area contributed by atoms with Crippen molar-refractivity contribution in [2.75, 3.05) is 20.1 Å². The number of hydrogen-bond donors (Lipinski definition) is 2. The normalized spacial score (nSPS) is 25.7. The van der Waals surface area contributed by atoms with Crippen molar-refractivity contribution in [1.82, 2.24) is 10.2 Å². The highest BCUT2D eigenvalue weighted by atomic mass is 16.1. The number of rotatable bonds is 7. The number of nitrogens with one attached hydrogen (secondary N) is 1. The summed E-state index contributed by atoms with van der Waals surface area (Å²) < 4.78 is 0. The molecule has 0 aromatic heterocycles. The summed E-state index contributed by atoms with van der Waals surface area (Å²) in [6.07, 6.45) is 7.36. The zero-order chi connectivity index (χ0) is 15.2. The third-order valence-electron chi connectivity index (χ3n) is 5.00. The Hall–Kier alpha value is -0.610. The molecule has 0 bridgehead atoms. The molecule has 3 N–H and O–H groups in total. The van der Waals surface area contributed by atoms with E-state index in [0.29, 0.717) is 6.04 Å². The third-order valence-corrected chi connectivity index (χ3v) is 5.00. The summed E-state index contributed by atoms with van der Waals surface area (Å²) in [7, 11) is 1.82. The van der Waals surface area contributed by atoms with Crippen LogP contribution in [0.5, 0.6) is 0 Å². The Kier molecular flexibility index (Phi) is 6.96. The van der Waals surface area contributed by atoms with E-state index in [0.717, 1.165) is 25.4 Å². The number of likely N-dealkylation sites (N-methyl/N-ethyl adjacent to an activating group) is 1. The molecule has 1 saturated heterocycles. The van der Waals surface area contributed by atoms with Crippen molar-refractivity contribution in [3.8, 4) is 0 Å². The number of primary amides is 1. The first-order chi connectivity index (χ1) is 9.42. The Morgan fingerprint density at radius 1 is 1.45 bits per heavy atom. The Bertz CT molecular complexity index is 308. The van der Waals surface area contributed by atoms with Crippen LogP contribution in [0, 0.1) is 5.92 Å². The molecule has 1 rings (SSSR count). The second-order valence-electron chi connectivity index (χ2n) is 6.62. The minimum atomic E-state index is -0.603. The van der Waals surface area contributed by atoms with Gasteiger partial charge in [0.2, 0.25) is 5.91 Å². The summed E-state index contributed by atoms with van der Waals surface area (Å²) in [6.45, 7) is 8.71. The lowest BCUT2D eigenvalue weighted by atomic mass is 9.92. The van der Waals surface area contributed by atoms with E-state index >= 15 is 0 Å². The average Bonchev–Trinajstić information content (AvgIpc) is 2.64. The van der Waals surface area contributed by atoms with E-state index in [4.69, 9.17) is 5.73 Å². The van der Waals surface area contributed by atoms with Crippen LogP contribution in [0.3, 0.4) is 0 Å². The lowest BCUT2D eigenvalue weighted by Crippen LogP contribution is -2.55. The molecule has 0 saturated carbocycles. The molecule has 0 aromatic rings. The van der Waals surface area contributed by atoms with E-state index in [1.807, 2.05) is 14.0 Å². The minimum absolute atomic E-state index is 0.259. The van der Waals surface area contributed by atoms with Crippen LogP contribution in [0.4, 0.5) is 0 Å². The van der Waals surface area contributed by atoms with Crippen LogP contribution < -0.4 is 11.1 Å². The largest absolute Gasteiger partial charge is 0.368 e. The van der Waals surface area contributed by atoms with E-state index in [2.05, 4.69) is 24.1 Å². The molecule has 0 spiro atoms. The molecular formula is C16H33N3O. The molecule has 4 nitrogen and oxygen atoms in total. The predicted molar refractivity (Wildman–Crippen MR) is 84.6 cm³/mol. The van der Waals surface area contributed by atoms with Gasteiger partial charge in [0.05, 0.1) is 5.54 Å². The van der Waals surface area contributed by atoms with Crippen LogP contribution in [-0.4, -0.2) is 42.5 Å². The van der Waals surface area contributed by atoms with E-state index in [1.165, 1.54) is 32.1 Å². The number of carbonyl (C=O) groups excluding carboxylic acids is 1. The highest BCUT2D eigenvalue weighted by Crippen LogP contribution is 2.25. The number of nitrogens with zero attached hydrogens (tertiary/aromatic N) is 1. The van der Waals surface area contributed by atoms with Gasteiger partial charge in [0.25, 0.3) is 0 Å². The van der Waals surface area contributed by atoms with Gasteiger partial charge in [-0.2, -0.15) is 0 Å². The lowest BCUT2D eigenvalue weighted by Gasteiger charge is -2.34. The SMILES string of the molecule is CCCC1CCCN(C(C)CC(C)(NC)C(N)=O)CC1. The quantitative estimate of drug-likeness (QED) is 0.752. The fourth-order valence-electron chi connectivity index (χ4n) is 3.37. The molecule has 3 atom stereocenters. The first-order valence-corrected chi connectivity index (χ1v) is 8.15. The zero-order valence-corrected chi connectivity index (χ0v) is 13.7. The number of hydrogen-bond acceptors (Lipinski definition) is 3. The molecule has 3 unspecified atom stereocenters. The van der Waals surface area contributed by atoms with Crippen molar-refractivity contribution < 1.29 is 4.79 Å². The van der Waals surface area contributed by atoms with Gasteiger partial charge in [0, 0.05) is 6.04 Å². The number of nitrogens with two attached hydrogens (primary N) is 1. The summed E-state index contributed by atoms with van der Waals surface area (Å²) in [4.78, 5) is 14.2. The molecule has 0 aromatic carbocycles. The van der Waals surface area contributed by atoms with Gasteiger partial charge in [-0.15, -0.1) is 0 Å². The maximum atomic E-state index is 11.6. The van der Waals surface area contributed by atoms with Gasteiger partial charge in [0.15, 0.2) is 0 Å². The van der Waals surface area contributed by atoms with E-state index in [-0.39, 0.29) is 5.91 Å². The third kappa shape index (κ3) is 4.74. The maximum absolute atomic E-state index is 11.6. The summed E-state index contributed by atoms with van der Waals surface area (Å²) >= 11 is 0. The fraction of sp³-hybridized carbons (Fsp3) is 0.938. The van der Waals surface area contributed by atoms with Crippen LogP contribution >= 0.6 is 0 Å². The lowest BCUT2D eigenvalue weighted by molar-refractivity contribution is -0.124. The maximum Gasteiger partial charge on any atom is 0.237 e. The average molecular weight is 283 g/mol. The monoisotopic (exact) mass is 283 g/mol. The first kappa shape index (κ1) is 17.4. The van der Waals surface area contributed by atoms with E-state index < -0.39 is 5.54 Å². The van der Waals surface area contributed by atoms with Crippen molar-refractivity contribution in [1.29, 1.82) is 0 Å². The molecule has 4 heteroatoms. The van der Waals surface area contributed by atoms with Gasteiger partial charge in [-0.1, -0.05) is 19.8 Å². The fourth-order valence-corrected chi connectivity index (χ4v) is 3.37. The second-order valence-corrected chi connectivity index (χ2v) is 6.62. The number of amides is 1. The highest BCUT2D eigenvalue weighted by Gasteiger charge is 2.33.